The molecular weight excluding hydrogens is 258 g/mol. The highest BCUT2D eigenvalue weighted by molar-refractivity contribution is 7.13. The predicted molar refractivity (Wildman–Crippen MR) is 80.2 cm³/mol. The summed E-state index contributed by atoms with van der Waals surface area (Å²) < 4.78 is 5.54. The van der Waals surface area contributed by atoms with E-state index in [0.29, 0.717) is 6.61 Å². The minimum Gasteiger partial charge on any atom is -0.489 e. The van der Waals surface area contributed by atoms with E-state index in [1.165, 1.54) is 11.3 Å². The molecule has 2 aromatic rings. The summed E-state index contributed by atoms with van der Waals surface area (Å²) >= 11 is 1.52. The monoisotopic (exact) mass is 273 g/mol. The second-order valence-electron chi connectivity index (χ2n) is 3.80. The summed E-state index contributed by atoms with van der Waals surface area (Å²) in [6, 6.07) is 7.71. The Hall–Kier alpha value is -2.14. The summed E-state index contributed by atoms with van der Waals surface area (Å²) in [6.45, 7) is 6.06. The number of aryl methyl sites for hydroxylation is 1. The molecule has 1 heterocycles. The van der Waals surface area contributed by atoms with Crippen molar-refractivity contribution in [1.29, 1.82) is 0 Å². The average Bonchev–Trinajstić information content (AvgIpc) is 2.83. The lowest BCUT2D eigenvalue weighted by Gasteiger charge is -2.05. The third-order valence-electron chi connectivity index (χ3n) is 2.26. The molecule has 0 spiro atoms. The highest BCUT2D eigenvalue weighted by atomic mass is 32.1. The van der Waals surface area contributed by atoms with E-state index in [1.54, 1.807) is 12.3 Å². The van der Waals surface area contributed by atoms with E-state index in [0.717, 1.165) is 22.1 Å². The van der Waals surface area contributed by atoms with E-state index in [2.05, 4.69) is 22.1 Å². The van der Waals surface area contributed by atoms with Gasteiger partial charge < -0.3 is 4.74 Å². The molecule has 5 heteroatoms. The van der Waals surface area contributed by atoms with Gasteiger partial charge in [-0.25, -0.2) is 4.98 Å². The number of anilines is 1. The number of rotatable bonds is 6. The van der Waals surface area contributed by atoms with Crippen LogP contribution >= 0.6 is 11.3 Å². The molecule has 0 aliphatic rings. The lowest BCUT2D eigenvalue weighted by Crippen LogP contribution is -1.97. The molecule has 0 fully saturated rings. The maximum Gasteiger partial charge on any atom is 0.203 e. The largest absolute Gasteiger partial charge is 0.489 e. The van der Waals surface area contributed by atoms with E-state index in [-0.39, 0.29) is 0 Å². The van der Waals surface area contributed by atoms with Crippen LogP contribution in [0.5, 0.6) is 5.75 Å². The quantitative estimate of drug-likeness (QED) is 0.498. The molecule has 0 aliphatic heterocycles. The normalized spacial score (nSPS) is 10.6. The van der Waals surface area contributed by atoms with Crippen LogP contribution in [0.15, 0.2) is 47.4 Å². The molecule has 0 saturated carbocycles. The van der Waals surface area contributed by atoms with Gasteiger partial charge in [0, 0.05) is 10.9 Å². The fraction of sp³-hybridized carbons (Fsp3) is 0.143. The summed E-state index contributed by atoms with van der Waals surface area (Å²) in [4.78, 5) is 4.26. The molecule has 19 heavy (non-hydrogen) atoms. The Kier molecular flexibility index (Phi) is 4.69. The van der Waals surface area contributed by atoms with Gasteiger partial charge in [-0.2, -0.15) is 5.10 Å². The van der Waals surface area contributed by atoms with E-state index < -0.39 is 0 Å². The van der Waals surface area contributed by atoms with Crippen molar-refractivity contribution in [2.45, 2.75) is 6.92 Å². The SMILES string of the molecule is C=CCOc1ccccc1C=NNc1nc(C)cs1. The van der Waals surface area contributed by atoms with Gasteiger partial charge in [0.05, 0.1) is 11.9 Å². The predicted octanol–water partition coefficient (Wildman–Crippen LogP) is 3.46. The van der Waals surface area contributed by atoms with Crippen molar-refractivity contribution in [3.63, 3.8) is 0 Å². The van der Waals surface area contributed by atoms with Gasteiger partial charge in [-0.3, -0.25) is 5.43 Å². The van der Waals surface area contributed by atoms with Crippen molar-refractivity contribution in [2.75, 3.05) is 12.0 Å². The molecule has 4 nitrogen and oxygen atoms in total. The Morgan fingerprint density at radius 1 is 1.47 bits per heavy atom. The van der Waals surface area contributed by atoms with Crippen LogP contribution in [0.2, 0.25) is 0 Å². The maximum absolute atomic E-state index is 5.54. The first-order valence-corrected chi connectivity index (χ1v) is 6.71. The van der Waals surface area contributed by atoms with Gasteiger partial charge in [0.2, 0.25) is 5.13 Å². The van der Waals surface area contributed by atoms with Gasteiger partial charge in [-0.15, -0.1) is 11.3 Å². The van der Waals surface area contributed by atoms with Crippen LogP contribution in [0.1, 0.15) is 11.3 Å². The highest BCUT2D eigenvalue weighted by Crippen LogP contribution is 2.17. The number of hydrazone groups is 1. The summed E-state index contributed by atoms with van der Waals surface area (Å²) in [5, 5.41) is 6.91. The summed E-state index contributed by atoms with van der Waals surface area (Å²) in [7, 11) is 0. The van der Waals surface area contributed by atoms with Crippen molar-refractivity contribution >= 4 is 22.7 Å². The molecule has 0 saturated heterocycles. The van der Waals surface area contributed by atoms with Crippen LogP contribution in [-0.4, -0.2) is 17.8 Å². The van der Waals surface area contributed by atoms with Crippen LogP contribution in [0, 0.1) is 6.92 Å². The molecule has 0 radical (unpaired) electrons. The maximum atomic E-state index is 5.54. The Balaban J connectivity index is 2.03. The van der Waals surface area contributed by atoms with Gasteiger partial charge in [0.15, 0.2) is 0 Å². The second kappa shape index (κ2) is 6.70. The van der Waals surface area contributed by atoms with Crippen LogP contribution in [0.3, 0.4) is 0 Å². The van der Waals surface area contributed by atoms with Crippen molar-refractivity contribution in [2.24, 2.45) is 5.10 Å². The van der Waals surface area contributed by atoms with Gasteiger partial charge in [-0.1, -0.05) is 24.8 Å². The number of ether oxygens (including phenoxy) is 1. The zero-order chi connectivity index (χ0) is 13.5. The van der Waals surface area contributed by atoms with Crippen molar-refractivity contribution in [1.82, 2.24) is 4.98 Å². The van der Waals surface area contributed by atoms with Crippen LogP contribution < -0.4 is 10.2 Å². The second-order valence-corrected chi connectivity index (χ2v) is 4.66. The molecule has 1 N–H and O–H groups in total. The molecule has 98 valence electrons. The Morgan fingerprint density at radius 2 is 2.32 bits per heavy atom. The number of aromatic nitrogens is 1. The molecule has 2 rings (SSSR count). The first kappa shape index (κ1) is 13.3. The Morgan fingerprint density at radius 3 is 3.05 bits per heavy atom. The fourth-order valence-electron chi connectivity index (χ4n) is 1.43. The number of hydrogen-bond acceptors (Lipinski definition) is 5. The molecule has 0 aliphatic carbocycles. The van der Waals surface area contributed by atoms with Gasteiger partial charge in [0.25, 0.3) is 0 Å². The van der Waals surface area contributed by atoms with E-state index in [1.807, 2.05) is 36.6 Å². The Labute approximate surface area is 116 Å². The average molecular weight is 273 g/mol. The molecule has 0 amide bonds. The molecular formula is C14H15N3OS. The molecule has 1 aromatic heterocycles. The van der Waals surface area contributed by atoms with E-state index in [9.17, 15) is 0 Å². The summed E-state index contributed by atoms with van der Waals surface area (Å²) in [5.41, 5.74) is 4.79. The lowest BCUT2D eigenvalue weighted by atomic mass is 10.2. The number of para-hydroxylation sites is 1. The van der Waals surface area contributed by atoms with Crippen LogP contribution in [0.4, 0.5) is 5.13 Å². The third-order valence-corrected chi connectivity index (χ3v) is 3.12. The lowest BCUT2D eigenvalue weighted by molar-refractivity contribution is 0.363. The fourth-order valence-corrected chi connectivity index (χ4v) is 2.07. The standard InChI is InChI=1S/C14H15N3OS/c1-3-8-18-13-7-5-4-6-12(13)9-15-17-14-16-11(2)10-19-14/h3-7,9-10H,1,8H2,2H3,(H,16,17). The number of nitrogens with zero attached hydrogens (tertiary/aromatic N) is 2. The summed E-state index contributed by atoms with van der Waals surface area (Å²) in [6.07, 6.45) is 3.43. The first-order chi connectivity index (χ1) is 9.29. The summed E-state index contributed by atoms with van der Waals surface area (Å²) in [5.74, 6) is 0.781. The highest BCUT2D eigenvalue weighted by Gasteiger charge is 1.99. The topological polar surface area (TPSA) is 46.5 Å². The minimum atomic E-state index is 0.476. The van der Waals surface area contributed by atoms with Gasteiger partial charge >= 0.3 is 0 Å². The van der Waals surface area contributed by atoms with Crippen LogP contribution in [-0.2, 0) is 0 Å². The van der Waals surface area contributed by atoms with Crippen molar-refractivity contribution in [3.05, 3.63) is 53.6 Å². The smallest absolute Gasteiger partial charge is 0.203 e. The minimum absolute atomic E-state index is 0.476. The first-order valence-electron chi connectivity index (χ1n) is 5.83. The third kappa shape index (κ3) is 3.93. The van der Waals surface area contributed by atoms with Crippen molar-refractivity contribution < 1.29 is 4.74 Å². The van der Waals surface area contributed by atoms with Crippen molar-refractivity contribution in [3.8, 4) is 5.75 Å². The zero-order valence-corrected chi connectivity index (χ0v) is 11.5. The number of benzene rings is 1. The van der Waals surface area contributed by atoms with Gasteiger partial charge in [-0.05, 0) is 19.1 Å². The number of hydrogen-bond donors (Lipinski definition) is 1. The molecule has 1 aromatic carbocycles. The number of thiazole rings is 1. The molecule has 0 unspecified atom stereocenters. The Bertz CT molecular complexity index is 578. The molecule has 0 atom stereocenters. The molecule has 0 bridgehead atoms. The van der Waals surface area contributed by atoms with Crippen LogP contribution in [0.25, 0.3) is 0 Å². The van der Waals surface area contributed by atoms with E-state index in [4.69, 9.17) is 4.74 Å². The number of nitrogens with one attached hydrogen (secondary N) is 1. The zero-order valence-electron chi connectivity index (χ0n) is 10.7. The van der Waals surface area contributed by atoms with Gasteiger partial charge in [0.1, 0.15) is 12.4 Å². The van der Waals surface area contributed by atoms with E-state index >= 15 is 0 Å².